The molecule has 6 nitrogen and oxygen atoms in total. The third-order valence-corrected chi connectivity index (χ3v) is 4.57. The lowest BCUT2D eigenvalue weighted by molar-refractivity contribution is 0.306. The third kappa shape index (κ3) is 3.48. The molecule has 0 saturated carbocycles. The van der Waals surface area contributed by atoms with Crippen molar-refractivity contribution in [3.8, 4) is 5.75 Å². The fourth-order valence-electron chi connectivity index (χ4n) is 2.59. The van der Waals surface area contributed by atoms with Crippen molar-refractivity contribution in [2.45, 2.75) is 11.6 Å². The number of rotatable bonds is 6. The van der Waals surface area contributed by atoms with Gasteiger partial charge in [-0.3, -0.25) is 5.10 Å². The van der Waals surface area contributed by atoms with Crippen LogP contribution in [0.15, 0.2) is 66.0 Å². The lowest BCUT2D eigenvalue weighted by atomic mass is 10.2. The molecule has 0 unspecified atom stereocenters. The van der Waals surface area contributed by atoms with Gasteiger partial charge in [0.05, 0.1) is 5.39 Å². The summed E-state index contributed by atoms with van der Waals surface area (Å²) in [5, 5.41) is 12.3. The number of aromatic nitrogens is 4. The van der Waals surface area contributed by atoms with E-state index in [0.717, 1.165) is 38.9 Å². The lowest BCUT2D eigenvalue weighted by Gasteiger charge is -2.09. The van der Waals surface area contributed by atoms with E-state index < -0.39 is 0 Å². The van der Waals surface area contributed by atoms with E-state index in [-0.39, 0.29) is 0 Å². The fourth-order valence-corrected chi connectivity index (χ4v) is 3.12. The highest BCUT2D eigenvalue weighted by Gasteiger charge is 2.12. The van der Waals surface area contributed by atoms with Crippen LogP contribution in [0.4, 0.5) is 11.5 Å². The number of nitrogens with zero attached hydrogens (tertiary/aromatic N) is 3. The van der Waals surface area contributed by atoms with Crippen molar-refractivity contribution in [1.29, 1.82) is 0 Å². The Kier molecular flexibility index (Phi) is 4.70. The standard InChI is InChI=1S/C19H17N5OS/c1-26-19-16-17(20-12-21-18(16)23-24-19)22-14-7-9-15(10-8-14)25-11-13-5-3-2-4-6-13/h2-10,12H,11H2,1H3,(H2,20,21,22,23,24). The van der Waals surface area contributed by atoms with Crippen LogP contribution in [-0.2, 0) is 6.61 Å². The van der Waals surface area contributed by atoms with Crippen LogP contribution >= 0.6 is 11.8 Å². The summed E-state index contributed by atoms with van der Waals surface area (Å²) in [6.45, 7) is 0.548. The Labute approximate surface area is 155 Å². The van der Waals surface area contributed by atoms with Gasteiger partial charge >= 0.3 is 0 Å². The molecule has 26 heavy (non-hydrogen) atoms. The highest BCUT2D eigenvalue weighted by atomic mass is 32.2. The molecule has 0 aliphatic rings. The van der Waals surface area contributed by atoms with Crippen LogP contribution in [0.1, 0.15) is 5.56 Å². The van der Waals surface area contributed by atoms with Crippen LogP contribution in [0, 0.1) is 0 Å². The second kappa shape index (κ2) is 7.45. The number of hydrogen-bond donors (Lipinski definition) is 2. The highest BCUT2D eigenvalue weighted by molar-refractivity contribution is 7.98. The Morgan fingerprint density at radius 2 is 1.85 bits per heavy atom. The fraction of sp³-hybridized carbons (Fsp3) is 0.105. The van der Waals surface area contributed by atoms with Crippen LogP contribution in [0.5, 0.6) is 5.75 Å². The number of hydrogen-bond acceptors (Lipinski definition) is 6. The molecule has 0 aliphatic heterocycles. The molecule has 0 bridgehead atoms. The smallest absolute Gasteiger partial charge is 0.161 e. The number of aromatic amines is 1. The molecule has 0 radical (unpaired) electrons. The predicted molar refractivity (Wildman–Crippen MR) is 104 cm³/mol. The van der Waals surface area contributed by atoms with Crippen molar-refractivity contribution in [1.82, 2.24) is 20.2 Å². The van der Waals surface area contributed by atoms with Crippen LogP contribution in [0.25, 0.3) is 11.0 Å². The number of nitrogens with one attached hydrogen (secondary N) is 2. The largest absolute Gasteiger partial charge is 0.489 e. The summed E-state index contributed by atoms with van der Waals surface area (Å²) in [6.07, 6.45) is 3.50. The minimum atomic E-state index is 0.548. The molecule has 2 aromatic carbocycles. The van der Waals surface area contributed by atoms with Gasteiger partial charge in [-0.1, -0.05) is 30.3 Å². The van der Waals surface area contributed by atoms with Crippen molar-refractivity contribution in [2.75, 3.05) is 11.6 Å². The maximum atomic E-state index is 5.82. The Morgan fingerprint density at radius 3 is 2.62 bits per heavy atom. The van der Waals surface area contributed by atoms with E-state index >= 15 is 0 Å². The van der Waals surface area contributed by atoms with Crippen LogP contribution in [-0.4, -0.2) is 26.4 Å². The Morgan fingerprint density at radius 1 is 1.04 bits per heavy atom. The van der Waals surface area contributed by atoms with Crippen LogP contribution in [0.2, 0.25) is 0 Å². The number of anilines is 2. The van der Waals surface area contributed by atoms with Gasteiger partial charge in [0, 0.05) is 5.69 Å². The van der Waals surface area contributed by atoms with Crippen molar-refractivity contribution in [2.24, 2.45) is 0 Å². The first kappa shape index (κ1) is 16.4. The SMILES string of the molecule is CSc1n[nH]c2ncnc(Nc3ccc(OCc4ccccc4)cc3)c12. The first-order valence-corrected chi connectivity index (χ1v) is 9.33. The average molecular weight is 363 g/mol. The topological polar surface area (TPSA) is 75.7 Å². The summed E-state index contributed by atoms with van der Waals surface area (Å²) < 4.78 is 5.82. The molecule has 7 heteroatoms. The number of ether oxygens (including phenoxy) is 1. The molecular weight excluding hydrogens is 346 g/mol. The van der Waals surface area contributed by atoms with E-state index in [1.165, 1.54) is 6.33 Å². The van der Waals surface area contributed by atoms with Gasteiger partial charge < -0.3 is 10.1 Å². The molecule has 2 aromatic heterocycles. The summed E-state index contributed by atoms with van der Waals surface area (Å²) in [6, 6.07) is 17.9. The molecule has 2 N–H and O–H groups in total. The van der Waals surface area contributed by atoms with E-state index in [9.17, 15) is 0 Å². The van der Waals surface area contributed by atoms with Crippen molar-refractivity contribution in [3.05, 3.63) is 66.5 Å². The van der Waals surface area contributed by atoms with Crippen molar-refractivity contribution >= 4 is 34.3 Å². The van der Waals surface area contributed by atoms with E-state index in [2.05, 4.69) is 25.5 Å². The quantitative estimate of drug-likeness (QED) is 0.495. The summed E-state index contributed by atoms with van der Waals surface area (Å²) >= 11 is 1.55. The molecule has 0 amide bonds. The normalized spacial score (nSPS) is 10.8. The summed E-state index contributed by atoms with van der Waals surface area (Å²) in [5.41, 5.74) is 2.78. The number of H-pyrrole nitrogens is 1. The zero-order valence-corrected chi connectivity index (χ0v) is 15.0. The van der Waals surface area contributed by atoms with Crippen LogP contribution in [0.3, 0.4) is 0 Å². The van der Waals surface area contributed by atoms with E-state index in [4.69, 9.17) is 4.74 Å². The summed E-state index contributed by atoms with van der Waals surface area (Å²) in [4.78, 5) is 8.57. The van der Waals surface area contributed by atoms with Gasteiger partial charge in [0.1, 0.15) is 29.5 Å². The third-order valence-electron chi connectivity index (χ3n) is 3.88. The Balaban J connectivity index is 1.49. The van der Waals surface area contributed by atoms with Gasteiger partial charge in [0.15, 0.2) is 5.65 Å². The maximum absolute atomic E-state index is 5.82. The van der Waals surface area contributed by atoms with Gasteiger partial charge in [-0.2, -0.15) is 5.10 Å². The molecule has 0 spiro atoms. The van der Waals surface area contributed by atoms with Gasteiger partial charge in [-0.05, 0) is 36.1 Å². The average Bonchev–Trinajstić information content (AvgIpc) is 3.13. The number of benzene rings is 2. The van der Waals surface area contributed by atoms with Gasteiger partial charge in [-0.15, -0.1) is 11.8 Å². The Bertz CT molecular complexity index is 1000. The summed E-state index contributed by atoms with van der Waals surface area (Å²) in [5.74, 6) is 1.55. The van der Waals surface area contributed by atoms with E-state index in [0.29, 0.717) is 6.61 Å². The number of thioether (sulfide) groups is 1. The molecule has 0 fully saturated rings. The zero-order valence-electron chi connectivity index (χ0n) is 14.1. The van der Waals surface area contributed by atoms with E-state index in [1.54, 1.807) is 11.8 Å². The second-order valence-electron chi connectivity index (χ2n) is 5.60. The first-order valence-electron chi connectivity index (χ1n) is 8.10. The predicted octanol–water partition coefficient (Wildman–Crippen LogP) is 4.40. The number of fused-ring (bicyclic) bond motifs is 1. The van der Waals surface area contributed by atoms with Crippen molar-refractivity contribution in [3.63, 3.8) is 0 Å². The van der Waals surface area contributed by atoms with Crippen molar-refractivity contribution < 1.29 is 4.74 Å². The molecule has 0 saturated heterocycles. The van der Waals surface area contributed by atoms with Gasteiger partial charge in [0.2, 0.25) is 0 Å². The molecular formula is C19H17N5OS. The minimum absolute atomic E-state index is 0.548. The second-order valence-corrected chi connectivity index (χ2v) is 6.40. The van der Waals surface area contributed by atoms with Crippen LogP contribution < -0.4 is 10.1 Å². The molecule has 4 aromatic rings. The monoisotopic (exact) mass is 363 g/mol. The molecule has 4 rings (SSSR count). The highest BCUT2D eigenvalue weighted by Crippen LogP contribution is 2.29. The summed E-state index contributed by atoms with van der Waals surface area (Å²) in [7, 11) is 0. The molecule has 130 valence electrons. The zero-order chi connectivity index (χ0) is 17.8. The van der Waals surface area contributed by atoms with Gasteiger partial charge in [0.25, 0.3) is 0 Å². The maximum Gasteiger partial charge on any atom is 0.161 e. The Hall–Kier alpha value is -3.06. The molecule has 0 atom stereocenters. The first-order chi connectivity index (χ1) is 12.8. The minimum Gasteiger partial charge on any atom is -0.489 e. The van der Waals surface area contributed by atoms with E-state index in [1.807, 2.05) is 60.9 Å². The molecule has 0 aliphatic carbocycles. The molecule has 2 heterocycles. The van der Waals surface area contributed by atoms with Gasteiger partial charge in [-0.25, -0.2) is 9.97 Å². The lowest BCUT2D eigenvalue weighted by Crippen LogP contribution is -1.97.